The Labute approximate surface area is 462 Å². The summed E-state index contributed by atoms with van der Waals surface area (Å²) < 4.78 is 0. The van der Waals surface area contributed by atoms with E-state index >= 15 is 0 Å². The van der Waals surface area contributed by atoms with E-state index in [4.69, 9.17) is 51.3 Å². The fraction of sp³-hybridized carbons (Fsp3) is 0.638. The molecule has 0 unspecified atom stereocenters. The van der Waals surface area contributed by atoms with Crippen LogP contribution < -0.4 is 88.4 Å². The molecule has 10 amide bonds. The van der Waals surface area contributed by atoms with Crippen LogP contribution in [0.5, 0.6) is 0 Å². The third-order valence-corrected chi connectivity index (χ3v) is 12.4. The van der Waals surface area contributed by atoms with Gasteiger partial charge in [-0.15, -0.1) is 0 Å². The minimum Gasteiger partial charge on any atom is -0.389 e. The van der Waals surface area contributed by atoms with Gasteiger partial charge in [-0.1, -0.05) is 12.5 Å². The molecule has 1 aliphatic heterocycles. The normalized spacial score (nSPS) is 16.5. The molecule has 0 saturated carbocycles. The number of carbonyl (C=O) groups excluding carboxylic acids is 10. The van der Waals surface area contributed by atoms with Crippen LogP contribution in [0.15, 0.2) is 29.3 Å². The number of likely N-dealkylation sites (tertiary alicyclic amines) is 1. The second-order valence-electron chi connectivity index (χ2n) is 18.7. The van der Waals surface area contributed by atoms with Crippen molar-refractivity contribution in [2.24, 2.45) is 50.9 Å². The second kappa shape index (κ2) is 36.6. The maximum atomic E-state index is 14.3. The Bertz CT molecular complexity index is 2300. The van der Waals surface area contributed by atoms with Crippen LogP contribution in [-0.4, -0.2) is 203 Å². The number of aliphatic imine (C=N–C) groups is 1. The van der Waals surface area contributed by atoms with Gasteiger partial charge in [-0.2, -0.15) is 0 Å². The summed E-state index contributed by atoms with van der Waals surface area (Å²) in [5.74, 6) is -9.64. The lowest BCUT2D eigenvalue weighted by atomic mass is 10.1. The molecule has 0 aliphatic carbocycles. The largest absolute Gasteiger partial charge is 0.389 e. The lowest BCUT2D eigenvalue weighted by Gasteiger charge is -2.28. The van der Waals surface area contributed by atoms with Gasteiger partial charge in [-0.25, -0.2) is 9.98 Å². The summed E-state index contributed by atoms with van der Waals surface area (Å²) >= 11 is 0. The molecule has 33 nitrogen and oxygen atoms in total. The third kappa shape index (κ3) is 23.8. The molecule has 448 valence electrons. The molecular weight excluding hydrogens is 1050 g/mol. The van der Waals surface area contributed by atoms with Crippen molar-refractivity contribution in [3.05, 3.63) is 30.0 Å². The van der Waals surface area contributed by atoms with Crippen molar-refractivity contribution in [3.8, 4) is 0 Å². The quantitative estimate of drug-likeness (QED) is 0.0127. The van der Waals surface area contributed by atoms with E-state index in [1.54, 1.807) is 0 Å². The van der Waals surface area contributed by atoms with E-state index in [0.29, 0.717) is 44.3 Å². The molecule has 28 N–H and O–H groups in total. The molecule has 33 heteroatoms. The molecule has 0 aromatic carbocycles. The predicted octanol–water partition coefficient (Wildman–Crippen LogP) is -9.21. The lowest BCUT2D eigenvalue weighted by molar-refractivity contribution is -0.136. The van der Waals surface area contributed by atoms with Gasteiger partial charge in [-0.3, -0.25) is 53.4 Å². The zero-order chi connectivity index (χ0) is 59.9. The zero-order valence-corrected chi connectivity index (χ0v) is 45.0. The average Bonchev–Trinajstić information content (AvgIpc) is 4.15. The highest BCUT2D eigenvalue weighted by molar-refractivity contribution is 6.40. The molecule has 0 radical (unpaired) electrons. The highest BCUT2D eigenvalue weighted by atomic mass is 16.3. The Morgan fingerprint density at radius 2 is 1.41 bits per heavy atom. The van der Waals surface area contributed by atoms with E-state index in [0.717, 1.165) is 4.90 Å². The van der Waals surface area contributed by atoms with Crippen LogP contribution in [0.3, 0.4) is 0 Å². The average molecular weight is 1130 g/mol. The van der Waals surface area contributed by atoms with Crippen molar-refractivity contribution in [2.75, 3.05) is 52.4 Å². The topological polar surface area (TPSA) is 584 Å². The van der Waals surface area contributed by atoms with E-state index in [9.17, 15) is 58.2 Å². The molecule has 1 saturated heterocycles. The first kappa shape index (κ1) is 68.6. The molecule has 9 atom stereocenters. The van der Waals surface area contributed by atoms with Crippen LogP contribution in [0.2, 0.25) is 0 Å². The summed E-state index contributed by atoms with van der Waals surface area (Å²) in [4.78, 5) is 147. The maximum absolute atomic E-state index is 14.3. The summed E-state index contributed by atoms with van der Waals surface area (Å²) in [5.41, 5.74) is 44.5. The van der Waals surface area contributed by atoms with Crippen LogP contribution >= 0.6 is 0 Å². The Morgan fingerprint density at radius 1 is 0.787 bits per heavy atom. The minimum atomic E-state index is -1.85. The number of imidazole rings is 1. The number of carbonyl (C=O) groups is 10. The number of aliphatic hydroxyl groups excluding tert-OH is 2. The molecular formula is C47H83N21O12. The predicted molar refractivity (Wildman–Crippen MR) is 290 cm³/mol. The molecule has 2 heterocycles. The second-order valence-corrected chi connectivity index (χ2v) is 18.7. The first-order valence-corrected chi connectivity index (χ1v) is 26.2. The molecule has 0 spiro atoms. The number of amides is 10. The Morgan fingerprint density at radius 3 is 2.00 bits per heavy atom. The summed E-state index contributed by atoms with van der Waals surface area (Å²) in [6, 6.07) is -9.79. The molecule has 1 aliphatic rings. The zero-order valence-electron chi connectivity index (χ0n) is 45.0. The van der Waals surface area contributed by atoms with Gasteiger partial charge in [0, 0.05) is 44.5 Å². The van der Waals surface area contributed by atoms with Gasteiger partial charge in [0.15, 0.2) is 5.96 Å². The van der Waals surface area contributed by atoms with Crippen molar-refractivity contribution in [2.45, 2.75) is 138 Å². The molecule has 2 rings (SSSR count). The summed E-state index contributed by atoms with van der Waals surface area (Å²) in [6.07, 6.45) is 2.94. The van der Waals surface area contributed by atoms with Gasteiger partial charge in [0.1, 0.15) is 47.7 Å². The van der Waals surface area contributed by atoms with Crippen LogP contribution in [0.25, 0.3) is 0 Å². The van der Waals surface area contributed by atoms with E-state index in [1.165, 1.54) is 25.5 Å². The van der Waals surface area contributed by atoms with Crippen LogP contribution in [0.1, 0.15) is 83.2 Å². The van der Waals surface area contributed by atoms with Crippen LogP contribution in [-0.2, 0) is 54.4 Å². The number of primary amides is 1. The van der Waals surface area contributed by atoms with Gasteiger partial charge >= 0.3 is 0 Å². The van der Waals surface area contributed by atoms with Gasteiger partial charge in [0.05, 0.1) is 31.1 Å². The van der Waals surface area contributed by atoms with Crippen molar-refractivity contribution in [1.29, 1.82) is 5.41 Å². The van der Waals surface area contributed by atoms with E-state index in [1.807, 2.05) is 0 Å². The number of nitrogens with two attached hydrogens (primary N) is 8. The Hall–Kier alpha value is -7.53. The number of H-pyrrole nitrogens is 1. The van der Waals surface area contributed by atoms with Crippen molar-refractivity contribution >= 4 is 70.7 Å². The standard InChI is InChI=1S/C47H83N21O12/c1-25(38(54)72)61-40(74)29(12-7-17-58-47(55)56)63-41(75)28(10-3-5-15-49)64-42(76)31(19-26-22-57-24-60-26)65-43(77)32-13-8-18-68(32)46(80)30(11-6-16-50)62-35(71)23-59-44(78)36(33(69)20-51)67-45(79)37(34(70)21-52)66-39(73)27(53)9-2-4-14-48/h12,22,24-25,27-28,31-34,36-37,69-70H,2-11,13-21,23,48-53H2,1H3,(H2,54,72)(H,57,60)(H,59,78)(H,61,74)(H,63,75)(H,64,76)(H,65,77)(H,66,73)(H,67,79)(H4,55,56,58)/b29-12-,62-30+/t25-,27-,28-,31-,32-,33-,34-,36-,37-/m0/s1. The number of aromatic nitrogens is 2. The fourth-order valence-corrected chi connectivity index (χ4v) is 7.80. The van der Waals surface area contributed by atoms with Crippen LogP contribution in [0.4, 0.5) is 0 Å². The van der Waals surface area contributed by atoms with E-state index in [2.05, 4.69) is 57.5 Å². The summed E-state index contributed by atoms with van der Waals surface area (Å²) in [7, 11) is 0. The van der Waals surface area contributed by atoms with Crippen molar-refractivity contribution in [1.82, 2.24) is 57.4 Å². The summed E-state index contributed by atoms with van der Waals surface area (Å²) in [5, 5.41) is 48.1. The number of unbranched alkanes of at least 4 members (excludes halogenated alkanes) is 2. The SMILES string of the molecule is C[C@H](NC(=O)/C(=C/CCNC(=N)N)NC(=O)[C@H](CCCCN)NC(=O)[C@H](Cc1cnc[nH]1)NC(=O)[C@@H]1CCCN1C(=O)/C(CCCN)=N/C(=O)CNC(=O)[C@@H](NC(=O)[C@@H](NC(=O)[C@@H](N)CCCCN)[C@@H](O)CN)[C@@H](O)CN)C(N)=O. The number of nitrogens with one attached hydrogen (secondary N) is 10. The summed E-state index contributed by atoms with van der Waals surface area (Å²) in [6.45, 7) is 0.0857. The van der Waals surface area contributed by atoms with E-state index in [-0.39, 0.29) is 88.5 Å². The number of rotatable bonds is 37. The van der Waals surface area contributed by atoms with E-state index < -0.39 is 133 Å². The number of hydrogen-bond donors (Lipinski definition) is 20. The Kier molecular flexibility index (Phi) is 31.4. The molecule has 1 aromatic rings. The number of aliphatic hydroxyl groups is 2. The number of nitrogens with zero attached hydrogens (tertiary/aromatic N) is 3. The smallest absolute Gasteiger partial charge is 0.269 e. The molecule has 1 fully saturated rings. The fourth-order valence-electron chi connectivity index (χ4n) is 7.80. The molecule has 0 bridgehead atoms. The number of aromatic amines is 1. The minimum absolute atomic E-state index is 0.00956. The van der Waals surface area contributed by atoms with Gasteiger partial charge in [0.2, 0.25) is 41.4 Å². The lowest BCUT2D eigenvalue weighted by Crippen LogP contribution is -2.63. The van der Waals surface area contributed by atoms with Crippen molar-refractivity contribution < 1.29 is 58.2 Å². The first-order chi connectivity index (χ1) is 38.0. The molecule has 1 aromatic heterocycles. The molecule has 80 heavy (non-hydrogen) atoms. The van der Waals surface area contributed by atoms with Gasteiger partial charge < -0.3 is 109 Å². The first-order valence-electron chi connectivity index (χ1n) is 26.2. The van der Waals surface area contributed by atoms with Crippen molar-refractivity contribution in [3.63, 3.8) is 0 Å². The number of hydrogen-bond acceptors (Lipinski definition) is 20. The van der Waals surface area contributed by atoms with Gasteiger partial charge in [0.25, 0.3) is 17.7 Å². The highest BCUT2D eigenvalue weighted by Gasteiger charge is 2.39. The monoisotopic (exact) mass is 1130 g/mol. The van der Waals surface area contributed by atoms with Gasteiger partial charge in [-0.05, 0) is 90.8 Å². The maximum Gasteiger partial charge on any atom is 0.269 e. The van der Waals surface area contributed by atoms with Crippen LogP contribution in [0, 0.1) is 5.41 Å². The highest BCUT2D eigenvalue weighted by Crippen LogP contribution is 2.20. The number of guanidine groups is 1. The third-order valence-electron chi connectivity index (χ3n) is 12.4. The Balaban J connectivity index is 2.37.